The molecular formula is C20H17ClN2O4. The van der Waals surface area contributed by atoms with Gasteiger partial charge in [0.05, 0.1) is 11.6 Å². The highest BCUT2D eigenvalue weighted by atomic mass is 35.5. The number of nitrogens with one attached hydrogen (secondary N) is 2. The van der Waals surface area contributed by atoms with E-state index >= 15 is 0 Å². The molecule has 3 aromatic rings. The highest BCUT2D eigenvalue weighted by Crippen LogP contribution is 2.22. The molecule has 27 heavy (non-hydrogen) atoms. The lowest BCUT2D eigenvalue weighted by Crippen LogP contribution is -2.31. The number of hydrogen-bond acceptors (Lipinski definition) is 4. The van der Waals surface area contributed by atoms with Gasteiger partial charge in [-0.2, -0.15) is 0 Å². The van der Waals surface area contributed by atoms with Crippen LogP contribution in [0.3, 0.4) is 0 Å². The summed E-state index contributed by atoms with van der Waals surface area (Å²) in [6, 6.07) is 14.9. The standard InChI is InChI=1S/C20H17ClN2O4/c1-12(13-6-2-4-8-16(13)21)22-19(25)11-27-20(26)15-10-18(24)23-17-9-5-3-7-14(15)17/h2-10,12H,11H2,1H3,(H,22,25)(H,23,24)/t12-/m1/s1. The molecule has 6 nitrogen and oxygen atoms in total. The van der Waals surface area contributed by atoms with Gasteiger partial charge in [0.15, 0.2) is 6.61 Å². The van der Waals surface area contributed by atoms with E-state index in [4.69, 9.17) is 16.3 Å². The van der Waals surface area contributed by atoms with Gasteiger partial charge >= 0.3 is 5.97 Å². The number of amides is 1. The number of para-hydroxylation sites is 1. The molecule has 0 aliphatic rings. The SMILES string of the molecule is C[C@@H](NC(=O)COC(=O)c1cc(=O)[nH]c2ccccc12)c1ccccc1Cl. The fraction of sp³-hybridized carbons (Fsp3) is 0.150. The molecule has 0 saturated heterocycles. The van der Waals surface area contributed by atoms with Crippen molar-refractivity contribution in [3.8, 4) is 0 Å². The van der Waals surface area contributed by atoms with E-state index in [2.05, 4.69) is 10.3 Å². The van der Waals surface area contributed by atoms with Gasteiger partial charge in [-0.05, 0) is 24.6 Å². The molecule has 138 valence electrons. The lowest BCUT2D eigenvalue weighted by molar-refractivity contribution is -0.124. The van der Waals surface area contributed by atoms with E-state index in [-0.39, 0.29) is 11.6 Å². The number of ether oxygens (including phenoxy) is 1. The summed E-state index contributed by atoms with van der Waals surface area (Å²) in [6.45, 7) is 1.32. The lowest BCUT2D eigenvalue weighted by atomic mass is 10.1. The number of carbonyl (C=O) groups is 2. The molecular weight excluding hydrogens is 368 g/mol. The van der Waals surface area contributed by atoms with Crippen LogP contribution in [-0.4, -0.2) is 23.5 Å². The van der Waals surface area contributed by atoms with E-state index in [9.17, 15) is 14.4 Å². The zero-order valence-corrected chi connectivity index (χ0v) is 15.2. The van der Waals surface area contributed by atoms with Crippen LogP contribution < -0.4 is 10.9 Å². The van der Waals surface area contributed by atoms with Gasteiger partial charge in [0.25, 0.3) is 5.91 Å². The van der Waals surface area contributed by atoms with Crippen molar-refractivity contribution in [2.75, 3.05) is 6.61 Å². The Balaban J connectivity index is 1.67. The van der Waals surface area contributed by atoms with Crippen molar-refractivity contribution in [1.29, 1.82) is 0 Å². The summed E-state index contributed by atoms with van der Waals surface area (Å²) >= 11 is 6.11. The van der Waals surface area contributed by atoms with E-state index in [0.29, 0.717) is 15.9 Å². The number of hydrogen-bond donors (Lipinski definition) is 2. The molecule has 0 aliphatic carbocycles. The number of aromatic amines is 1. The molecule has 0 bridgehead atoms. The van der Waals surface area contributed by atoms with Crippen LogP contribution in [0.4, 0.5) is 0 Å². The van der Waals surface area contributed by atoms with Crippen LogP contribution in [0, 0.1) is 0 Å². The van der Waals surface area contributed by atoms with E-state index in [1.165, 1.54) is 0 Å². The second kappa shape index (κ2) is 8.05. The Labute approximate surface area is 160 Å². The second-order valence-electron chi connectivity index (χ2n) is 5.98. The minimum Gasteiger partial charge on any atom is -0.452 e. The number of carbonyl (C=O) groups excluding carboxylic acids is 2. The number of fused-ring (bicyclic) bond motifs is 1. The number of benzene rings is 2. The van der Waals surface area contributed by atoms with Gasteiger partial charge in [0.2, 0.25) is 5.56 Å². The minimum absolute atomic E-state index is 0.112. The summed E-state index contributed by atoms with van der Waals surface area (Å²) in [5.74, 6) is -1.21. The summed E-state index contributed by atoms with van der Waals surface area (Å²) in [7, 11) is 0. The number of H-pyrrole nitrogens is 1. The average molecular weight is 385 g/mol. The molecule has 0 fully saturated rings. The number of esters is 1. The predicted molar refractivity (Wildman–Crippen MR) is 103 cm³/mol. The lowest BCUT2D eigenvalue weighted by Gasteiger charge is -2.15. The Morgan fingerprint density at radius 3 is 2.63 bits per heavy atom. The van der Waals surface area contributed by atoms with Gasteiger partial charge in [-0.1, -0.05) is 48.0 Å². The molecule has 1 heterocycles. The van der Waals surface area contributed by atoms with Crippen molar-refractivity contribution in [2.45, 2.75) is 13.0 Å². The number of pyridine rings is 1. The Bertz CT molecular complexity index is 1060. The summed E-state index contributed by atoms with van der Waals surface area (Å²) in [5.41, 5.74) is 0.979. The fourth-order valence-corrected chi connectivity index (χ4v) is 3.07. The summed E-state index contributed by atoms with van der Waals surface area (Å²) in [4.78, 5) is 38.8. The third kappa shape index (κ3) is 4.35. The van der Waals surface area contributed by atoms with Gasteiger partial charge in [0, 0.05) is 22.0 Å². The Kier molecular flexibility index (Phi) is 5.57. The smallest absolute Gasteiger partial charge is 0.339 e. The molecule has 7 heteroatoms. The monoisotopic (exact) mass is 384 g/mol. The number of rotatable bonds is 5. The third-order valence-corrected chi connectivity index (χ3v) is 4.40. The zero-order chi connectivity index (χ0) is 19.4. The fourth-order valence-electron chi connectivity index (χ4n) is 2.77. The molecule has 1 amide bonds. The van der Waals surface area contributed by atoms with Crippen LogP contribution in [-0.2, 0) is 9.53 Å². The molecule has 3 rings (SSSR count). The molecule has 2 N–H and O–H groups in total. The maximum atomic E-state index is 12.3. The number of halogens is 1. The van der Waals surface area contributed by atoms with Gasteiger partial charge < -0.3 is 15.0 Å². The zero-order valence-electron chi connectivity index (χ0n) is 14.5. The van der Waals surface area contributed by atoms with Gasteiger partial charge in [-0.15, -0.1) is 0 Å². The largest absolute Gasteiger partial charge is 0.452 e. The van der Waals surface area contributed by atoms with Crippen molar-refractivity contribution in [1.82, 2.24) is 10.3 Å². The molecule has 1 aromatic heterocycles. The first kappa shape index (κ1) is 18.7. The maximum absolute atomic E-state index is 12.3. The Hall–Kier alpha value is -3.12. The van der Waals surface area contributed by atoms with Crippen LogP contribution in [0.15, 0.2) is 59.4 Å². The first-order chi connectivity index (χ1) is 13.0. The van der Waals surface area contributed by atoms with Crippen molar-refractivity contribution < 1.29 is 14.3 Å². The first-order valence-electron chi connectivity index (χ1n) is 8.28. The van der Waals surface area contributed by atoms with Crippen molar-refractivity contribution >= 4 is 34.4 Å². The number of aromatic nitrogens is 1. The normalized spacial score (nSPS) is 11.8. The van der Waals surface area contributed by atoms with Crippen LogP contribution in [0.2, 0.25) is 5.02 Å². The molecule has 0 unspecified atom stereocenters. The summed E-state index contributed by atoms with van der Waals surface area (Å²) in [5, 5.41) is 3.81. The van der Waals surface area contributed by atoms with Gasteiger partial charge in [-0.25, -0.2) is 4.79 Å². The summed E-state index contributed by atoms with van der Waals surface area (Å²) < 4.78 is 5.08. The van der Waals surface area contributed by atoms with Crippen molar-refractivity contribution in [3.05, 3.63) is 81.1 Å². The predicted octanol–water partition coefficient (Wildman–Crippen LogP) is 3.22. The summed E-state index contributed by atoms with van der Waals surface area (Å²) in [6.07, 6.45) is 0. The minimum atomic E-state index is -0.738. The van der Waals surface area contributed by atoms with E-state index in [0.717, 1.165) is 11.6 Å². The third-order valence-electron chi connectivity index (χ3n) is 4.05. The second-order valence-corrected chi connectivity index (χ2v) is 6.39. The molecule has 0 aliphatic heterocycles. The quantitative estimate of drug-likeness (QED) is 0.661. The van der Waals surface area contributed by atoms with Gasteiger partial charge in [0.1, 0.15) is 0 Å². The van der Waals surface area contributed by atoms with Gasteiger partial charge in [-0.3, -0.25) is 9.59 Å². The van der Waals surface area contributed by atoms with Crippen LogP contribution in [0.5, 0.6) is 0 Å². The van der Waals surface area contributed by atoms with Crippen molar-refractivity contribution in [3.63, 3.8) is 0 Å². The van der Waals surface area contributed by atoms with Crippen LogP contribution >= 0.6 is 11.6 Å². The first-order valence-corrected chi connectivity index (χ1v) is 8.66. The maximum Gasteiger partial charge on any atom is 0.339 e. The van der Waals surface area contributed by atoms with E-state index < -0.39 is 24.0 Å². The Morgan fingerprint density at radius 1 is 1.15 bits per heavy atom. The molecule has 0 saturated carbocycles. The Morgan fingerprint density at radius 2 is 1.85 bits per heavy atom. The highest BCUT2D eigenvalue weighted by Gasteiger charge is 2.17. The molecule has 1 atom stereocenters. The molecule has 2 aromatic carbocycles. The topological polar surface area (TPSA) is 88.3 Å². The van der Waals surface area contributed by atoms with Crippen LogP contribution in [0.25, 0.3) is 10.9 Å². The molecule has 0 radical (unpaired) electrons. The van der Waals surface area contributed by atoms with Crippen molar-refractivity contribution in [2.24, 2.45) is 0 Å². The average Bonchev–Trinajstić information content (AvgIpc) is 2.65. The molecule has 0 spiro atoms. The van der Waals surface area contributed by atoms with E-state index in [1.807, 2.05) is 12.1 Å². The van der Waals surface area contributed by atoms with Crippen LogP contribution in [0.1, 0.15) is 28.9 Å². The highest BCUT2D eigenvalue weighted by molar-refractivity contribution is 6.31. The van der Waals surface area contributed by atoms with E-state index in [1.54, 1.807) is 43.3 Å².